The maximum atomic E-state index is 12.1. The number of carbonyl (C=O) groups excluding carboxylic acids is 1. The second kappa shape index (κ2) is 7.55. The van der Waals surface area contributed by atoms with Crippen LogP contribution in [0.4, 0.5) is 5.13 Å². The first-order valence-electron chi connectivity index (χ1n) is 8.04. The van der Waals surface area contributed by atoms with Crippen LogP contribution in [0.15, 0.2) is 34.8 Å². The molecule has 1 N–H and O–H groups in total. The lowest BCUT2D eigenvalue weighted by atomic mass is 9.86. The third kappa shape index (κ3) is 4.47. The lowest BCUT2D eigenvalue weighted by molar-refractivity contribution is -0.113. The monoisotopic (exact) mass is 388 g/mol. The quantitative estimate of drug-likeness (QED) is 0.675. The molecule has 3 rings (SSSR count). The second-order valence-corrected chi connectivity index (χ2v) is 8.59. The van der Waals surface area contributed by atoms with Crippen LogP contribution in [-0.4, -0.2) is 36.9 Å². The van der Waals surface area contributed by atoms with E-state index in [9.17, 15) is 4.79 Å². The molecule has 0 unspecified atom stereocenters. The van der Waals surface area contributed by atoms with E-state index in [1.807, 2.05) is 5.38 Å². The molecule has 136 valence electrons. The van der Waals surface area contributed by atoms with Crippen LogP contribution in [0, 0.1) is 0 Å². The van der Waals surface area contributed by atoms with Crippen molar-refractivity contribution in [3.8, 4) is 11.3 Å². The minimum atomic E-state index is -0.137. The molecule has 3 aromatic rings. The van der Waals surface area contributed by atoms with Gasteiger partial charge in [-0.3, -0.25) is 4.79 Å². The van der Waals surface area contributed by atoms with E-state index in [0.717, 1.165) is 11.3 Å². The topological polar surface area (TPSA) is 85.6 Å². The first-order chi connectivity index (χ1) is 12.3. The van der Waals surface area contributed by atoms with Gasteiger partial charge in [0.25, 0.3) is 0 Å². The zero-order chi connectivity index (χ0) is 18.7. The van der Waals surface area contributed by atoms with E-state index in [1.54, 1.807) is 7.05 Å². The third-order valence-electron chi connectivity index (χ3n) is 3.71. The molecule has 26 heavy (non-hydrogen) atoms. The number of amides is 1. The Labute approximate surface area is 160 Å². The highest BCUT2D eigenvalue weighted by molar-refractivity contribution is 7.99. The van der Waals surface area contributed by atoms with Gasteiger partial charge in [-0.25, -0.2) is 9.67 Å². The molecule has 9 heteroatoms. The second-order valence-electron chi connectivity index (χ2n) is 6.79. The van der Waals surface area contributed by atoms with Gasteiger partial charge in [0, 0.05) is 18.0 Å². The first-order valence-corrected chi connectivity index (χ1v) is 9.91. The van der Waals surface area contributed by atoms with Crippen LogP contribution in [0.5, 0.6) is 0 Å². The SMILES string of the molecule is Cn1nnnc1SCC(=O)Nc1nc(-c2ccc(C(C)(C)C)cc2)cs1. The van der Waals surface area contributed by atoms with Crippen molar-refractivity contribution in [1.82, 2.24) is 25.2 Å². The summed E-state index contributed by atoms with van der Waals surface area (Å²) in [5.74, 6) is 0.0885. The molecular weight excluding hydrogens is 368 g/mol. The molecule has 0 aliphatic rings. The molecule has 2 heterocycles. The number of thioether (sulfide) groups is 1. The summed E-state index contributed by atoms with van der Waals surface area (Å²) in [5, 5.41) is 17.1. The molecule has 0 saturated heterocycles. The van der Waals surface area contributed by atoms with Crippen LogP contribution in [0.2, 0.25) is 0 Å². The number of carbonyl (C=O) groups is 1. The number of aromatic nitrogens is 5. The smallest absolute Gasteiger partial charge is 0.236 e. The number of hydrogen-bond acceptors (Lipinski definition) is 7. The van der Waals surface area contributed by atoms with Gasteiger partial charge in [-0.1, -0.05) is 56.8 Å². The summed E-state index contributed by atoms with van der Waals surface area (Å²) in [6.45, 7) is 6.56. The zero-order valence-electron chi connectivity index (χ0n) is 15.1. The largest absolute Gasteiger partial charge is 0.301 e. The number of nitrogens with zero attached hydrogens (tertiary/aromatic N) is 5. The summed E-state index contributed by atoms with van der Waals surface area (Å²) in [7, 11) is 1.73. The molecule has 0 aliphatic heterocycles. The molecule has 1 amide bonds. The molecule has 7 nitrogen and oxygen atoms in total. The summed E-state index contributed by atoms with van der Waals surface area (Å²) < 4.78 is 1.53. The van der Waals surface area contributed by atoms with Crippen LogP contribution < -0.4 is 5.32 Å². The molecule has 0 bridgehead atoms. The predicted molar refractivity (Wildman–Crippen MR) is 104 cm³/mol. The Morgan fingerprint density at radius 1 is 1.27 bits per heavy atom. The molecule has 0 radical (unpaired) electrons. The Balaban J connectivity index is 1.60. The van der Waals surface area contributed by atoms with Gasteiger partial charge in [-0.2, -0.15) is 0 Å². The molecular formula is C17H20N6OS2. The van der Waals surface area contributed by atoms with E-state index in [4.69, 9.17) is 0 Å². The zero-order valence-corrected chi connectivity index (χ0v) is 16.7. The summed E-state index contributed by atoms with van der Waals surface area (Å²) >= 11 is 2.69. The van der Waals surface area contributed by atoms with E-state index in [2.05, 4.69) is 70.9 Å². The summed E-state index contributed by atoms with van der Waals surface area (Å²) in [6, 6.07) is 8.38. The van der Waals surface area contributed by atoms with E-state index < -0.39 is 0 Å². The van der Waals surface area contributed by atoms with Crippen molar-refractivity contribution in [1.29, 1.82) is 0 Å². The van der Waals surface area contributed by atoms with Crippen molar-refractivity contribution >= 4 is 34.1 Å². The average Bonchev–Trinajstić information content (AvgIpc) is 3.21. The van der Waals surface area contributed by atoms with Gasteiger partial charge >= 0.3 is 0 Å². The highest BCUT2D eigenvalue weighted by Crippen LogP contribution is 2.28. The minimum Gasteiger partial charge on any atom is -0.301 e. The maximum Gasteiger partial charge on any atom is 0.236 e. The van der Waals surface area contributed by atoms with Gasteiger partial charge in [-0.05, 0) is 21.4 Å². The van der Waals surface area contributed by atoms with Crippen LogP contribution >= 0.6 is 23.1 Å². The number of anilines is 1. The predicted octanol–water partition coefficient (Wildman–Crippen LogP) is 3.36. The van der Waals surface area contributed by atoms with Gasteiger partial charge in [0.15, 0.2) is 5.13 Å². The molecule has 0 fully saturated rings. The van der Waals surface area contributed by atoms with Crippen LogP contribution in [0.3, 0.4) is 0 Å². The van der Waals surface area contributed by atoms with Gasteiger partial charge < -0.3 is 5.32 Å². The Morgan fingerprint density at radius 3 is 2.62 bits per heavy atom. The van der Waals surface area contributed by atoms with Gasteiger partial charge in [0.1, 0.15) is 0 Å². The lowest BCUT2D eigenvalue weighted by Gasteiger charge is -2.18. The molecule has 1 aromatic carbocycles. The van der Waals surface area contributed by atoms with Gasteiger partial charge in [0.05, 0.1) is 11.4 Å². The van der Waals surface area contributed by atoms with Gasteiger partial charge in [0.2, 0.25) is 11.1 Å². The Morgan fingerprint density at radius 2 is 2.00 bits per heavy atom. The highest BCUT2D eigenvalue weighted by atomic mass is 32.2. The van der Waals surface area contributed by atoms with E-state index >= 15 is 0 Å². The maximum absolute atomic E-state index is 12.1. The van der Waals surface area contributed by atoms with Crippen molar-refractivity contribution in [2.75, 3.05) is 11.1 Å². The van der Waals surface area contributed by atoms with Crippen molar-refractivity contribution in [2.24, 2.45) is 7.05 Å². The number of aryl methyl sites for hydroxylation is 1. The average molecular weight is 389 g/mol. The molecule has 0 atom stereocenters. The van der Waals surface area contributed by atoms with Crippen LogP contribution in [0.25, 0.3) is 11.3 Å². The van der Waals surface area contributed by atoms with Crippen molar-refractivity contribution < 1.29 is 4.79 Å². The van der Waals surface area contributed by atoms with Crippen molar-refractivity contribution in [3.05, 3.63) is 35.2 Å². The van der Waals surface area contributed by atoms with Crippen LogP contribution in [0.1, 0.15) is 26.3 Å². The van der Waals surface area contributed by atoms with Gasteiger partial charge in [-0.15, -0.1) is 16.4 Å². The highest BCUT2D eigenvalue weighted by Gasteiger charge is 2.14. The standard InChI is InChI=1S/C17H20N6OS2/c1-17(2,3)12-7-5-11(6-8-12)13-9-25-15(18-13)19-14(24)10-26-16-20-21-22-23(16)4/h5-9H,10H2,1-4H3,(H,18,19,24). The third-order valence-corrected chi connectivity index (χ3v) is 5.48. The van der Waals surface area contributed by atoms with E-state index in [0.29, 0.717) is 10.3 Å². The normalized spacial score (nSPS) is 11.5. The summed E-state index contributed by atoms with van der Waals surface area (Å²) in [5.41, 5.74) is 3.29. The number of thiazole rings is 1. The number of rotatable bonds is 5. The van der Waals surface area contributed by atoms with Crippen LogP contribution in [-0.2, 0) is 17.3 Å². The molecule has 2 aromatic heterocycles. The number of tetrazole rings is 1. The lowest BCUT2D eigenvalue weighted by Crippen LogP contribution is -2.14. The van der Waals surface area contributed by atoms with E-state index in [-0.39, 0.29) is 17.1 Å². The van der Waals surface area contributed by atoms with Crippen molar-refractivity contribution in [3.63, 3.8) is 0 Å². The Hall–Kier alpha value is -2.26. The molecule has 0 saturated carbocycles. The Bertz CT molecular complexity index is 895. The number of benzene rings is 1. The number of hydrogen-bond donors (Lipinski definition) is 1. The fourth-order valence-corrected chi connectivity index (χ4v) is 3.62. The summed E-state index contributed by atoms with van der Waals surface area (Å²) in [6.07, 6.45) is 0. The molecule has 0 spiro atoms. The fourth-order valence-electron chi connectivity index (χ4n) is 2.23. The number of nitrogens with one attached hydrogen (secondary N) is 1. The summed E-state index contributed by atoms with van der Waals surface area (Å²) in [4.78, 5) is 16.6. The van der Waals surface area contributed by atoms with Crippen molar-refractivity contribution in [2.45, 2.75) is 31.3 Å². The first kappa shape index (κ1) is 18.5. The minimum absolute atomic E-state index is 0.121. The Kier molecular flexibility index (Phi) is 5.38. The fraction of sp³-hybridized carbons (Fsp3) is 0.353. The van der Waals surface area contributed by atoms with E-state index in [1.165, 1.54) is 33.3 Å². The molecule has 0 aliphatic carbocycles.